The van der Waals surface area contributed by atoms with Gasteiger partial charge in [-0.2, -0.15) is 0 Å². The molecule has 1 N–H and O–H groups in total. The van der Waals surface area contributed by atoms with Gasteiger partial charge < -0.3 is 15.1 Å². The first-order valence-electron chi connectivity index (χ1n) is 7.68. The number of carbonyl (C=O) groups excluding carboxylic acids is 1. The molecule has 1 amide bonds. The molecule has 5 heteroatoms. The highest BCUT2D eigenvalue weighted by Gasteiger charge is 2.33. The number of halogens is 1. The number of anilines is 1. The normalized spacial score (nSPS) is 26.2. The van der Waals surface area contributed by atoms with E-state index in [9.17, 15) is 9.18 Å². The van der Waals surface area contributed by atoms with Crippen molar-refractivity contribution in [3.63, 3.8) is 0 Å². The van der Waals surface area contributed by atoms with Crippen molar-refractivity contribution in [2.24, 2.45) is 5.92 Å². The third-order valence-corrected chi connectivity index (χ3v) is 4.63. The van der Waals surface area contributed by atoms with Crippen LogP contribution in [0.4, 0.5) is 10.1 Å². The molecule has 0 aromatic heterocycles. The lowest BCUT2D eigenvalue weighted by Crippen LogP contribution is -2.51. The quantitative estimate of drug-likeness (QED) is 0.896. The van der Waals surface area contributed by atoms with E-state index < -0.39 is 0 Å². The van der Waals surface area contributed by atoms with Crippen molar-refractivity contribution in [3.8, 4) is 0 Å². The summed E-state index contributed by atoms with van der Waals surface area (Å²) >= 11 is 0. The van der Waals surface area contributed by atoms with Crippen LogP contribution >= 0.6 is 0 Å². The first-order valence-corrected chi connectivity index (χ1v) is 7.68. The van der Waals surface area contributed by atoms with Gasteiger partial charge in [-0.05, 0) is 44.2 Å². The number of hydrogen-bond acceptors (Lipinski definition) is 3. The largest absolute Gasteiger partial charge is 0.368 e. The molecule has 2 atom stereocenters. The Morgan fingerprint density at radius 3 is 2.43 bits per heavy atom. The summed E-state index contributed by atoms with van der Waals surface area (Å²) in [5, 5.41) is 3.34. The van der Waals surface area contributed by atoms with Crippen LogP contribution in [0.3, 0.4) is 0 Å². The summed E-state index contributed by atoms with van der Waals surface area (Å²) < 4.78 is 13.0. The van der Waals surface area contributed by atoms with Gasteiger partial charge in [-0.1, -0.05) is 0 Å². The molecule has 2 aliphatic heterocycles. The Balaban J connectivity index is 1.57. The lowest BCUT2D eigenvalue weighted by Gasteiger charge is -2.37. The van der Waals surface area contributed by atoms with Crippen molar-refractivity contribution in [2.45, 2.75) is 19.4 Å². The zero-order valence-corrected chi connectivity index (χ0v) is 12.4. The lowest BCUT2D eigenvalue weighted by atomic mass is 10.00. The zero-order valence-electron chi connectivity index (χ0n) is 12.4. The minimum atomic E-state index is -0.213. The second-order valence-corrected chi connectivity index (χ2v) is 5.93. The van der Waals surface area contributed by atoms with Gasteiger partial charge in [0.2, 0.25) is 5.91 Å². The molecule has 2 heterocycles. The van der Waals surface area contributed by atoms with E-state index >= 15 is 0 Å². The molecule has 1 aromatic rings. The van der Waals surface area contributed by atoms with Crippen molar-refractivity contribution in [3.05, 3.63) is 30.1 Å². The highest BCUT2D eigenvalue weighted by Crippen LogP contribution is 2.21. The Hall–Kier alpha value is -1.62. The molecule has 2 unspecified atom stereocenters. The molecule has 0 spiro atoms. The number of hydrogen-bond donors (Lipinski definition) is 1. The molecule has 114 valence electrons. The Labute approximate surface area is 124 Å². The number of rotatable bonds is 2. The van der Waals surface area contributed by atoms with Crippen molar-refractivity contribution in [1.82, 2.24) is 10.2 Å². The lowest BCUT2D eigenvalue weighted by molar-refractivity contribution is -0.136. The standard InChI is InChI=1S/C16H22FN3O/c1-12-15(6-7-18-12)16(21)20-10-8-19(9-11-20)14-4-2-13(17)3-5-14/h2-5,12,15,18H,6-11H2,1H3. The summed E-state index contributed by atoms with van der Waals surface area (Å²) in [5.74, 6) is 0.198. The van der Waals surface area contributed by atoms with Crippen molar-refractivity contribution in [2.75, 3.05) is 37.6 Å². The molecule has 3 rings (SSSR count). The first kappa shape index (κ1) is 14.3. The minimum absolute atomic E-state index is 0.127. The number of nitrogens with one attached hydrogen (secondary N) is 1. The highest BCUT2D eigenvalue weighted by molar-refractivity contribution is 5.80. The molecule has 0 bridgehead atoms. The summed E-state index contributed by atoms with van der Waals surface area (Å²) in [6.45, 7) is 6.15. The first-order chi connectivity index (χ1) is 10.1. The number of piperazine rings is 1. The minimum Gasteiger partial charge on any atom is -0.368 e. The molecule has 4 nitrogen and oxygen atoms in total. The monoisotopic (exact) mass is 291 g/mol. The van der Waals surface area contributed by atoms with Crippen LogP contribution in [0.25, 0.3) is 0 Å². The van der Waals surface area contributed by atoms with Crippen molar-refractivity contribution < 1.29 is 9.18 Å². The van der Waals surface area contributed by atoms with Gasteiger partial charge in [-0.3, -0.25) is 4.79 Å². The Morgan fingerprint density at radius 1 is 1.19 bits per heavy atom. The third-order valence-electron chi connectivity index (χ3n) is 4.63. The summed E-state index contributed by atoms with van der Waals surface area (Å²) in [5.41, 5.74) is 1.03. The van der Waals surface area contributed by atoms with Gasteiger partial charge in [-0.15, -0.1) is 0 Å². The van der Waals surface area contributed by atoms with E-state index in [1.165, 1.54) is 12.1 Å². The smallest absolute Gasteiger partial charge is 0.227 e. The van der Waals surface area contributed by atoms with Crippen LogP contribution in [-0.2, 0) is 4.79 Å². The van der Waals surface area contributed by atoms with Crippen molar-refractivity contribution >= 4 is 11.6 Å². The summed E-state index contributed by atoms with van der Waals surface area (Å²) in [6.07, 6.45) is 0.943. The molecule has 0 saturated carbocycles. The zero-order chi connectivity index (χ0) is 14.8. The summed E-state index contributed by atoms with van der Waals surface area (Å²) in [7, 11) is 0. The average molecular weight is 291 g/mol. The molecular formula is C16H22FN3O. The fourth-order valence-corrected chi connectivity index (χ4v) is 3.27. The number of carbonyl (C=O) groups is 1. The van der Waals surface area contributed by atoms with Gasteiger partial charge in [0.15, 0.2) is 0 Å². The maximum absolute atomic E-state index is 13.0. The molecule has 2 aliphatic rings. The van der Waals surface area contributed by atoms with E-state index in [1.807, 2.05) is 4.90 Å². The molecule has 0 radical (unpaired) electrons. The maximum atomic E-state index is 13.0. The SMILES string of the molecule is CC1NCCC1C(=O)N1CCN(c2ccc(F)cc2)CC1. The van der Waals surface area contributed by atoms with Crippen LogP contribution < -0.4 is 10.2 Å². The summed E-state index contributed by atoms with van der Waals surface area (Å²) in [4.78, 5) is 16.7. The van der Waals surface area contributed by atoms with Crippen LogP contribution in [0.5, 0.6) is 0 Å². The van der Waals surface area contributed by atoms with Crippen LogP contribution in [0, 0.1) is 11.7 Å². The van der Waals surface area contributed by atoms with Crippen LogP contribution in [0.1, 0.15) is 13.3 Å². The predicted octanol–water partition coefficient (Wildman–Crippen LogP) is 1.47. The molecular weight excluding hydrogens is 269 g/mol. The summed E-state index contributed by atoms with van der Waals surface area (Å²) in [6, 6.07) is 6.86. The molecule has 0 aliphatic carbocycles. The van der Waals surface area contributed by atoms with E-state index in [0.717, 1.165) is 44.8 Å². The second-order valence-electron chi connectivity index (χ2n) is 5.93. The van der Waals surface area contributed by atoms with E-state index in [1.54, 1.807) is 12.1 Å². The number of benzene rings is 1. The average Bonchev–Trinajstić information content (AvgIpc) is 2.94. The van der Waals surface area contributed by atoms with Gasteiger partial charge in [0.1, 0.15) is 5.82 Å². The maximum Gasteiger partial charge on any atom is 0.227 e. The number of amides is 1. The molecule has 2 fully saturated rings. The third kappa shape index (κ3) is 3.02. The molecule has 1 aromatic carbocycles. The molecule has 2 saturated heterocycles. The van der Waals surface area contributed by atoms with Crippen LogP contribution in [0.15, 0.2) is 24.3 Å². The van der Waals surface area contributed by atoms with Gasteiger partial charge in [0.25, 0.3) is 0 Å². The molecule has 21 heavy (non-hydrogen) atoms. The van der Waals surface area contributed by atoms with Gasteiger partial charge in [0, 0.05) is 37.9 Å². The van der Waals surface area contributed by atoms with Gasteiger partial charge in [-0.25, -0.2) is 4.39 Å². The highest BCUT2D eigenvalue weighted by atomic mass is 19.1. The van der Waals surface area contributed by atoms with E-state index in [2.05, 4.69) is 17.1 Å². The fourth-order valence-electron chi connectivity index (χ4n) is 3.27. The Bertz CT molecular complexity index is 497. The van der Waals surface area contributed by atoms with E-state index in [0.29, 0.717) is 0 Å². The second kappa shape index (κ2) is 6.02. The Morgan fingerprint density at radius 2 is 1.86 bits per heavy atom. The van der Waals surface area contributed by atoms with E-state index in [-0.39, 0.29) is 23.7 Å². The Kier molecular flexibility index (Phi) is 4.10. The van der Waals surface area contributed by atoms with Crippen molar-refractivity contribution in [1.29, 1.82) is 0 Å². The topological polar surface area (TPSA) is 35.6 Å². The van der Waals surface area contributed by atoms with Crippen LogP contribution in [-0.4, -0.2) is 49.6 Å². The van der Waals surface area contributed by atoms with Crippen LogP contribution in [0.2, 0.25) is 0 Å². The van der Waals surface area contributed by atoms with E-state index in [4.69, 9.17) is 0 Å². The van der Waals surface area contributed by atoms with Gasteiger partial charge in [0.05, 0.1) is 5.92 Å². The van der Waals surface area contributed by atoms with Gasteiger partial charge >= 0.3 is 0 Å². The number of nitrogens with zero attached hydrogens (tertiary/aromatic N) is 2. The predicted molar refractivity (Wildman–Crippen MR) is 80.8 cm³/mol. The fraction of sp³-hybridized carbons (Fsp3) is 0.562.